The van der Waals surface area contributed by atoms with Crippen molar-refractivity contribution in [2.24, 2.45) is 17.8 Å². The highest BCUT2D eigenvalue weighted by Gasteiger charge is 2.40. The van der Waals surface area contributed by atoms with Crippen LogP contribution < -0.4 is 0 Å². The van der Waals surface area contributed by atoms with Gasteiger partial charge in [0.1, 0.15) is 0 Å². The number of unbranched alkanes of at least 4 members (excludes halogenated alkanes) is 1. The molecule has 78 valence electrons. The molecule has 2 aliphatic carbocycles. The predicted molar refractivity (Wildman–Crippen MR) is 54.7 cm³/mol. The number of fused-ring (bicyclic) bond motifs is 2. The second-order valence-corrected chi connectivity index (χ2v) is 4.41. The average Bonchev–Trinajstić information content (AvgIpc) is 2.79. The summed E-state index contributed by atoms with van der Waals surface area (Å²) >= 11 is 0. The summed E-state index contributed by atoms with van der Waals surface area (Å²) in [4.78, 5) is 11.7. The van der Waals surface area contributed by atoms with E-state index in [1.807, 2.05) is 0 Å². The van der Waals surface area contributed by atoms with Gasteiger partial charge in [0.2, 0.25) is 0 Å². The maximum Gasteiger partial charge on any atom is 0.309 e. The lowest BCUT2D eigenvalue weighted by atomic mass is 9.94. The normalized spacial score (nSPS) is 33.6. The molecule has 0 aromatic rings. The predicted octanol–water partition coefficient (Wildman–Crippen LogP) is 2.54. The first-order chi connectivity index (χ1) is 6.81. The maximum atomic E-state index is 11.7. The average molecular weight is 194 g/mol. The van der Waals surface area contributed by atoms with E-state index in [1.54, 1.807) is 0 Å². The van der Waals surface area contributed by atoms with E-state index >= 15 is 0 Å². The fraction of sp³-hybridized carbons (Fsp3) is 0.750. The molecule has 0 aromatic heterocycles. The lowest BCUT2D eigenvalue weighted by molar-refractivity contribution is -0.149. The van der Waals surface area contributed by atoms with Crippen LogP contribution >= 0.6 is 0 Å². The summed E-state index contributed by atoms with van der Waals surface area (Å²) in [5.74, 6) is 1.34. The third-order valence-electron chi connectivity index (χ3n) is 3.32. The van der Waals surface area contributed by atoms with Crippen molar-refractivity contribution in [3.05, 3.63) is 12.2 Å². The molecule has 0 amide bonds. The second-order valence-electron chi connectivity index (χ2n) is 4.41. The molecule has 0 spiro atoms. The summed E-state index contributed by atoms with van der Waals surface area (Å²) in [7, 11) is 0. The van der Waals surface area contributed by atoms with Crippen molar-refractivity contribution in [2.45, 2.75) is 32.6 Å². The summed E-state index contributed by atoms with van der Waals surface area (Å²) in [5.41, 5.74) is 0. The van der Waals surface area contributed by atoms with Crippen molar-refractivity contribution in [2.75, 3.05) is 6.61 Å². The largest absolute Gasteiger partial charge is 0.465 e. The molecule has 1 saturated carbocycles. The van der Waals surface area contributed by atoms with E-state index in [1.165, 1.54) is 6.42 Å². The first kappa shape index (κ1) is 9.75. The summed E-state index contributed by atoms with van der Waals surface area (Å²) < 4.78 is 5.25. The third-order valence-corrected chi connectivity index (χ3v) is 3.32. The van der Waals surface area contributed by atoms with Crippen molar-refractivity contribution in [1.82, 2.24) is 0 Å². The molecule has 14 heavy (non-hydrogen) atoms. The molecule has 2 rings (SSSR count). The minimum atomic E-state index is 0.0373. The molecular weight excluding hydrogens is 176 g/mol. The first-order valence-electron chi connectivity index (χ1n) is 5.66. The molecule has 0 N–H and O–H groups in total. The highest BCUT2D eigenvalue weighted by Crippen LogP contribution is 2.43. The van der Waals surface area contributed by atoms with E-state index in [4.69, 9.17) is 4.74 Å². The van der Waals surface area contributed by atoms with E-state index in [0.717, 1.165) is 19.3 Å². The molecule has 1 unspecified atom stereocenters. The monoisotopic (exact) mass is 194 g/mol. The Morgan fingerprint density at radius 1 is 1.43 bits per heavy atom. The van der Waals surface area contributed by atoms with Crippen LogP contribution in [0.1, 0.15) is 32.6 Å². The standard InChI is InChI=1S/C12H18O2/c1-2-3-6-14-12(13)11-8-9-4-5-10(11)7-9/h4-5,9-11H,2-3,6-8H2,1H3/t9-,10+,11?/m0/s1. The molecule has 0 aliphatic heterocycles. The summed E-state index contributed by atoms with van der Waals surface area (Å²) in [6, 6.07) is 0. The highest BCUT2D eigenvalue weighted by atomic mass is 16.5. The van der Waals surface area contributed by atoms with Crippen molar-refractivity contribution in [3.8, 4) is 0 Å². The summed E-state index contributed by atoms with van der Waals surface area (Å²) in [6.45, 7) is 2.71. The lowest BCUT2D eigenvalue weighted by Gasteiger charge is -2.16. The minimum absolute atomic E-state index is 0.0373. The molecule has 0 aromatic carbocycles. The Morgan fingerprint density at radius 2 is 2.29 bits per heavy atom. The van der Waals surface area contributed by atoms with E-state index in [2.05, 4.69) is 19.1 Å². The van der Waals surface area contributed by atoms with Gasteiger partial charge in [-0.3, -0.25) is 4.79 Å². The minimum Gasteiger partial charge on any atom is -0.465 e. The topological polar surface area (TPSA) is 26.3 Å². The van der Waals surface area contributed by atoms with Gasteiger partial charge in [0.05, 0.1) is 12.5 Å². The number of rotatable bonds is 4. The Balaban J connectivity index is 1.79. The van der Waals surface area contributed by atoms with Crippen LogP contribution in [0, 0.1) is 17.8 Å². The SMILES string of the molecule is CCCCOC(=O)C1C[C@H]2C=C[C@@H]1C2. The van der Waals surface area contributed by atoms with Crippen molar-refractivity contribution >= 4 is 5.97 Å². The van der Waals surface area contributed by atoms with Gasteiger partial charge in [0.15, 0.2) is 0 Å². The molecule has 2 aliphatic rings. The van der Waals surface area contributed by atoms with Crippen LogP contribution in [-0.4, -0.2) is 12.6 Å². The van der Waals surface area contributed by atoms with E-state index in [9.17, 15) is 4.79 Å². The van der Waals surface area contributed by atoms with Crippen molar-refractivity contribution in [1.29, 1.82) is 0 Å². The van der Waals surface area contributed by atoms with Crippen molar-refractivity contribution in [3.63, 3.8) is 0 Å². The number of allylic oxidation sites excluding steroid dienone is 2. The Labute approximate surface area is 85.3 Å². The Hall–Kier alpha value is -0.790. The molecule has 2 heteroatoms. The maximum absolute atomic E-state index is 11.7. The number of hydrogen-bond acceptors (Lipinski definition) is 2. The van der Waals surface area contributed by atoms with Crippen LogP contribution in [0.25, 0.3) is 0 Å². The molecular formula is C12H18O2. The third kappa shape index (κ3) is 1.84. The van der Waals surface area contributed by atoms with Crippen LogP contribution in [-0.2, 0) is 9.53 Å². The van der Waals surface area contributed by atoms with Gasteiger partial charge >= 0.3 is 5.97 Å². The fourth-order valence-corrected chi connectivity index (χ4v) is 2.48. The number of carbonyl (C=O) groups excluding carboxylic acids is 1. The molecule has 3 atom stereocenters. The Kier molecular flexibility index (Phi) is 2.90. The number of esters is 1. The zero-order valence-corrected chi connectivity index (χ0v) is 8.74. The number of ether oxygens (including phenoxy) is 1. The van der Waals surface area contributed by atoms with Gasteiger partial charge in [-0.25, -0.2) is 0 Å². The van der Waals surface area contributed by atoms with Gasteiger partial charge in [-0.15, -0.1) is 0 Å². The van der Waals surface area contributed by atoms with Gasteiger partial charge in [0, 0.05) is 0 Å². The van der Waals surface area contributed by atoms with Gasteiger partial charge in [-0.2, -0.15) is 0 Å². The fourth-order valence-electron chi connectivity index (χ4n) is 2.48. The first-order valence-corrected chi connectivity index (χ1v) is 5.66. The quantitative estimate of drug-likeness (QED) is 0.390. The van der Waals surface area contributed by atoms with Crippen LogP contribution in [0.3, 0.4) is 0 Å². The Morgan fingerprint density at radius 3 is 2.86 bits per heavy atom. The highest BCUT2D eigenvalue weighted by molar-refractivity contribution is 5.74. The second kappa shape index (κ2) is 4.16. The molecule has 0 radical (unpaired) electrons. The molecule has 2 bridgehead atoms. The van der Waals surface area contributed by atoms with Crippen LogP contribution in [0.4, 0.5) is 0 Å². The van der Waals surface area contributed by atoms with Gasteiger partial charge in [-0.05, 0) is 31.1 Å². The molecule has 0 saturated heterocycles. The van der Waals surface area contributed by atoms with Crippen LogP contribution in [0.5, 0.6) is 0 Å². The lowest BCUT2D eigenvalue weighted by Crippen LogP contribution is -2.21. The smallest absolute Gasteiger partial charge is 0.309 e. The van der Waals surface area contributed by atoms with Gasteiger partial charge in [0.25, 0.3) is 0 Å². The zero-order valence-electron chi connectivity index (χ0n) is 8.74. The van der Waals surface area contributed by atoms with Gasteiger partial charge < -0.3 is 4.74 Å². The number of hydrogen-bond donors (Lipinski definition) is 0. The Bertz CT molecular complexity index is 245. The molecule has 2 nitrogen and oxygen atoms in total. The van der Waals surface area contributed by atoms with E-state index in [-0.39, 0.29) is 11.9 Å². The summed E-state index contributed by atoms with van der Waals surface area (Å²) in [6.07, 6.45) is 8.71. The molecule has 1 fully saturated rings. The zero-order chi connectivity index (χ0) is 9.97. The molecule has 0 heterocycles. The van der Waals surface area contributed by atoms with Crippen LogP contribution in [0.2, 0.25) is 0 Å². The van der Waals surface area contributed by atoms with Crippen molar-refractivity contribution < 1.29 is 9.53 Å². The van der Waals surface area contributed by atoms with E-state index in [0.29, 0.717) is 18.4 Å². The van der Waals surface area contributed by atoms with Crippen LogP contribution in [0.15, 0.2) is 12.2 Å². The van der Waals surface area contributed by atoms with E-state index < -0.39 is 0 Å². The number of carbonyl (C=O) groups is 1. The summed E-state index contributed by atoms with van der Waals surface area (Å²) in [5, 5.41) is 0. The van der Waals surface area contributed by atoms with Gasteiger partial charge in [-0.1, -0.05) is 25.5 Å².